The summed E-state index contributed by atoms with van der Waals surface area (Å²) in [5.41, 5.74) is 4.10. The lowest BCUT2D eigenvalue weighted by atomic mass is 9.99. The first-order valence-corrected chi connectivity index (χ1v) is 11.1. The van der Waals surface area contributed by atoms with Gasteiger partial charge < -0.3 is 9.15 Å². The number of pyridine rings is 1. The molecule has 1 N–H and O–H groups in total. The quantitative estimate of drug-likeness (QED) is 0.462. The molecule has 1 saturated heterocycles. The Bertz CT molecular complexity index is 1220. The summed E-state index contributed by atoms with van der Waals surface area (Å²) in [5.74, 6) is -0.300. The van der Waals surface area contributed by atoms with Crippen LogP contribution in [0.2, 0.25) is 0 Å². The summed E-state index contributed by atoms with van der Waals surface area (Å²) in [6.45, 7) is 3.38. The first-order chi connectivity index (χ1) is 14.7. The third kappa shape index (κ3) is 3.81. The van der Waals surface area contributed by atoms with Crippen molar-refractivity contribution in [3.05, 3.63) is 48.1 Å². The molecular weight excluding hydrogens is 422 g/mol. The largest absolute Gasteiger partial charge is 0.443 e. The number of hydrogen-bond acceptors (Lipinski definition) is 9. The van der Waals surface area contributed by atoms with E-state index in [0.29, 0.717) is 21.5 Å². The van der Waals surface area contributed by atoms with Crippen molar-refractivity contribution in [2.75, 3.05) is 18.5 Å². The molecule has 0 radical (unpaired) electrons. The molecule has 1 amide bonds. The molecule has 0 saturated carbocycles. The molecule has 1 aliphatic heterocycles. The average Bonchev–Trinajstić information content (AvgIpc) is 3.50. The van der Waals surface area contributed by atoms with Gasteiger partial charge >= 0.3 is 0 Å². The van der Waals surface area contributed by atoms with Crippen LogP contribution in [0.1, 0.15) is 22.5 Å². The summed E-state index contributed by atoms with van der Waals surface area (Å²) in [6, 6.07) is 7.53. The number of nitrogens with zero attached hydrogens (tertiary/aromatic N) is 4. The number of para-hydroxylation sites is 1. The molecule has 0 bridgehead atoms. The zero-order valence-corrected chi connectivity index (χ0v) is 17.6. The van der Waals surface area contributed by atoms with Gasteiger partial charge in [0.15, 0.2) is 16.3 Å². The topological polar surface area (TPSA) is 103 Å². The van der Waals surface area contributed by atoms with Crippen LogP contribution in [0.15, 0.2) is 45.6 Å². The van der Waals surface area contributed by atoms with Crippen LogP contribution in [0, 0.1) is 6.92 Å². The van der Waals surface area contributed by atoms with E-state index >= 15 is 0 Å². The minimum absolute atomic E-state index is 0.300. The molecular formula is C20H17N5O3S2. The predicted molar refractivity (Wildman–Crippen MR) is 115 cm³/mol. The Morgan fingerprint density at radius 1 is 1.27 bits per heavy atom. The van der Waals surface area contributed by atoms with Gasteiger partial charge in [-0.15, -0.1) is 10.2 Å². The molecule has 4 heterocycles. The van der Waals surface area contributed by atoms with E-state index in [1.54, 1.807) is 18.0 Å². The van der Waals surface area contributed by atoms with Gasteiger partial charge in [-0.25, -0.2) is 4.98 Å². The Balaban J connectivity index is 1.42. The van der Waals surface area contributed by atoms with Gasteiger partial charge in [0.25, 0.3) is 5.91 Å². The number of fused-ring (bicyclic) bond motifs is 1. The number of carbonyl (C=O) groups excluding carboxylic acids is 1. The average molecular weight is 440 g/mol. The van der Waals surface area contributed by atoms with Crippen molar-refractivity contribution in [3.63, 3.8) is 0 Å². The van der Waals surface area contributed by atoms with Crippen LogP contribution < -0.4 is 5.32 Å². The van der Waals surface area contributed by atoms with Crippen molar-refractivity contribution in [1.82, 2.24) is 20.2 Å². The summed E-state index contributed by atoms with van der Waals surface area (Å²) in [6.07, 6.45) is 3.97. The van der Waals surface area contributed by atoms with Crippen molar-refractivity contribution in [3.8, 4) is 11.1 Å². The molecule has 1 unspecified atom stereocenters. The summed E-state index contributed by atoms with van der Waals surface area (Å²) < 4.78 is 11.8. The molecule has 10 heteroatoms. The monoisotopic (exact) mass is 439 g/mol. The highest BCUT2D eigenvalue weighted by Crippen LogP contribution is 2.34. The van der Waals surface area contributed by atoms with Gasteiger partial charge in [-0.05, 0) is 25.5 Å². The van der Waals surface area contributed by atoms with E-state index in [4.69, 9.17) is 9.15 Å². The number of carbonyl (C=O) groups is 1. The van der Waals surface area contributed by atoms with Gasteiger partial charge in [-0.1, -0.05) is 35.2 Å². The summed E-state index contributed by atoms with van der Waals surface area (Å²) in [7, 11) is 0. The maximum atomic E-state index is 13.1. The Morgan fingerprint density at radius 3 is 3.07 bits per heavy atom. The van der Waals surface area contributed by atoms with Crippen LogP contribution >= 0.6 is 23.1 Å². The summed E-state index contributed by atoms with van der Waals surface area (Å²) in [4.78, 5) is 21.6. The highest BCUT2D eigenvalue weighted by atomic mass is 32.2. The molecule has 4 aromatic rings. The number of benzene rings is 1. The Labute approximate surface area is 180 Å². The first kappa shape index (κ1) is 19.2. The normalized spacial score (nSPS) is 16.2. The van der Waals surface area contributed by atoms with Gasteiger partial charge in [0.1, 0.15) is 5.52 Å². The van der Waals surface area contributed by atoms with Crippen LogP contribution in [0.4, 0.5) is 5.13 Å². The lowest BCUT2D eigenvalue weighted by molar-refractivity contribution is 0.102. The molecule has 1 aromatic carbocycles. The first-order valence-electron chi connectivity index (χ1n) is 9.36. The van der Waals surface area contributed by atoms with Gasteiger partial charge in [0, 0.05) is 34.9 Å². The Morgan fingerprint density at radius 2 is 2.20 bits per heavy atom. The van der Waals surface area contributed by atoms with Gasteiger partial charge in [0.2, 0.25) is 5.13 Å². The zero-order valence-electron chi connectivity index (χ0n) is 16.0. The number of anilines is 1. The molecule has 1 aliphatic rings. The van der Waals surface area contributed by atoms with Gasteiger partial charge in [0.05, 0.1) is 12.2 Å². The fourth-order valence-corrected chi connectivity index (χ4v) is 5.34. The molecule has 1 atom stereocenters. The lowest BCUT2D eigenvalue weighted by Gasteiger charge is -2.10. The number of aromatic nitrogens is 4. The second kappa shape index (κ2) is 8.13. The van der Waals surface area contributed by atoms with Crippen LogP contribution in [0.25, 0.3) is 22.2 Å². The molecule has 152 valence electrons. The van der Waals surface area contributed by atoms with E-state index in [-0.39, 0.29) is 5.91 Å². The smallest absolute Gasteiger partial charge is 0.259 e. The van der Waals surface area contributed by atoms with E-state index in [2.05, 4.69) is 25.5 Å². The van der Waals surface area contributed by atoms with E-state index in [9.17, 15) is 4.79 Å². The highest BCUT2D eigenvalue weighted by molar-refractivity contribution is 8.01. The third-order valence-corrected chi connectivity index (χ3v) is 6.87. The fraction of sp³-hybridized carbons (Fsp3) is 0.250. The molecule has 1 fully saturated rings. The molecule has 30 heavy (non-hydrogen) atoms. The number of amides is 1. The second-order valence-corrected chi connectivity index (χ2v) is 9.33. The van der Waals surface area contributed by atoms with Gasteiger partial charge in [-0.3, -0.25) is 15.1 Å². The minimum Gasteiger partial charge on any atom is -0.443 e. The highest BCUT2D eigenvalue weighted by Gasteiger charge is 2.21. The van der Waals surface area contributed by atoms with Crippen LogP contribution in [-0.2, 0) is 4.74 Å². The molecule has 0 spiro atoms. The minimum atomic E-state index is -0.300. The molecule has 0 aliphatic carbocycles. The zero-order chi connectivity index (χ0) is 20.5. The maximum Gasteiger partial charge on any atom is 0.259 e. The number of rotatable bonds is 5. The lowest BCUT2D eigenvalue weighted by Crippen LogP contribution is -2.14. The van der Waals surface area contributed by atoms with E-state index in [1.807, 2.05) is 31.2 Å². The summed E-state index contributed by atoms with van der Waals surface area (Å²) >= 11 is 2.99. The number of thioether (sulfide) groups is 1. The van der Waals surface area contributed by atoms with Crippen molar-refractivity contribution >= 4 is 45.2 Å². The van der Waals surface area contributed by atoms with Crippen LogP contribution in [0.3, 0.4) is 0 Å². The summed E-state index contributed by atoms with van der Waals surface area (Å²) in [5, 5.41) is 12.0. The number of hydrogen-bond donors (Lipinski definition) is 1. The van der Waals surface area contributed by atoms with E-state index in [1.165, 1.54) is 17.7 Å². The molecule has 8 nitrogen and oxygen atoms in total. The van der Waals surface area contributed by atoms with Crippen molar-refractivity contribution in [2.24, 2.45) is 0 Å². The van der Waals surface area contributed by atoms with Crippen molar-refractivity contribution in [2.45, 2.75) is 22.9 Å². The SMILES string of the molecule is Cc1cc(-c2cccc3ncoc23)c(C(=O)Nc2nnc(SC3CCOC3)s2)cn1. The standard InChI is InChI=1S/C20H17N5O3S2/c1-11-7-14(13-3-2-4-16-17(13)28-10-22-16)15(8-21-11)18(26)23-19-24-25-20(30-19)29-12-5-6-27-9-12/h2-4,7-8,10,12H,5-6,9H2,1H3,(H,23,24,26). The fourth-order valence-electron chi connectivity index (χ4n) is 3.28. The number of oxazole rings is 1. The van der Waals surface area contributed by atoms with Crippen molar-refractivity contribution in [1.29, 1.82) is 0 Å². The van der Waals surface area contributed by atoms with Crippen LogP contribution in [0.5, 0.6) is 0 Å². The van der Waals surface area contributed by atoms with Crippen LogP contribution in [-0.4, -0.2) is 44.5 Å². The third-order valence-electron chi connectivity index (χ3n) is 4.71. The predicted octanol–water partition coefficient (Wildman–Crippen LogP) is 4.18. The van der Waals surface area contributed by atoms with Gasteiger partial charge in [-0.2, -0.15) is 0 Å². The molecule has 5 rings (SSSR count). The van der Waals surface area contributed by atoms with E-state index in [0.717, 1.165) is 46.3 Å². The van der Waals surface area contributed by atoms with Crippen molar-refractivity contribution < 1.29 is 13.9 Å². The number of aryl methyl sites for hydroxylation is 1. The van der Waals surface area contributed by atoms with E-state index < -0.39 is 0 Å². The number of nitrogens with one attached hydrogen (secondary N) is 1. The Hall–Kier alpha value is -2.82. The Kier molecular flexibility index (Phi) is 5.19. The number of ether oxygens (including phenoxy) is 1. The second-order valence-electron chi connectivity index (χ2n) is 6.81. The maximum absolute atomic E-state index is 13.1. The molecule has 3 aromatic heterocycles.